The fourth-order valence-electron chi connectivity index (χ4n) is 4.32. The Morgan fingerprint density at radius 2 is 1.88 bits per heavy atom. The Morgan fingerprint density at radius 1 is 1.06 bits per heavy atom. The monoisotopic (exact) mass is 452 g/mol. The number of para-hydroxylation sites is 1. The first-order valence-corrected chi connectivity index (χ1v) is 11.1. The van der Waals surface area contributed by atoms with Gasteiger partial charge in [-0.15, -0.1) is 0 Å². The molecule has 0 aliphatic carbocycles. The average molecular weight is 453 g/mol. The number of esters is 1. The summed E-state index contributed by atoms with van der Waals surface area (Å²) in [6.07, 6.45) is 2.69. The molecule has 0 aliphatic rings. The molecule has 0 saturated carbocycles. The molecule has 0 radical (unpaired) electrons. The van der Waals surface area contributed by atoms with Gasteiger partial charge in [0.2, 0.25) is 0 Å². The molecule has 0 amide bonds. The van der Waals surface area contributed by atoms with Crippen LogP contribution in [0.3, 0.4) is 0 Å². The van der Waals surface area contributed by atoms with Crippen molar-refractivity contribution in [1.29, 1.82) is 0 Å². The molecule has 0 spiro atoms. The summed E-state index contributed by atoms with van der Waals surface area (Å²) in [5.74, 6) is -0.436. The number of methoxy groups -OCH3 is 1. The number of nitrogens with one attached hydrogen (secondary N) is 1. The predicted molar refractivity (Wildman–Crippen MR) is 134 cm³/mol. The third kappa shape index (κ3) is 3.76. The van der Waals surface area contributed by atoms with E-state index in [0.717, 1.165) is 28.5 Å². The number of aromatic nitrogens is 3. The van der Waals surface area contributed by atoms with Gasteiger partial charge in [0.1, 0.15) is 5.69 Å². The van der Waals surface area contributed by atoms with E-state index in [1.807, 2.05) is 65.4 Å². The van der Waals surface area contributed by atoms with E-state index in [4.69, 9.17) is 15.5 Å². The average Bonchev–Trinajstić information content (AvgIpc) is 3.24. The van der Waals surface area contributed by atoms with Gasteiger partial charge in [-0.05, 0) is 42.8 Å². The van der Waals surface area contributed by atoms with Gasteiger partial charge in [0.25, 0.3) is 5.56 Å². The van der Waals surface area contributed by atoms with Gasteiger partial charge in [0.15, 0.2) is 0 Å². The lowest BCUT2D eigenvalue weighted by atomic mass is 10.0. The number of carbonyl (C=O) groups excluding carboxylic acids is 1. The van der Waals surface area contributed by atoms with Crippen molar-refractivity contribution in [3.05, 3.63) is 88.8 Å². The SMILES string of the molecule is COC(=O)c1ccc2c(c1)c(-c1nc3c(-c4ccccc4)cccc3[nH]c1=O)cn2CCCN. The second-order valence-corrected chi connectivity index (χ2v) is 8.08. The summed E-state index contributed by atoms with van der Waals surface area (Å²) in [5, 5.41) is 0.759. The molecule has 2 aromatic heterocycles. The van der Waals surface area contributed by atoms with E-state index in [-0.39, 0.29) is 5.56 Å². The van der Waals surface area contributed by atoms with Crippen molar-refractivity contribution in [2.24, 2.45) is 5.73 Å². The van der Waals surface area contributed by atoms with Gasteiger partial charge >= 0.3 is 5.97 Å². The van der Waals surface area contributed by atoms with Crippen molar-refractivity contribution < 1.29 is 9.53 Å². The lowest BCUT2D eigenvalue weighted by Gasteiger charge is -2.08. The van der Waals surface area contributed by atoms with Gasteiger partial charge in [-0.2, -0.15) is 0 Å². The second-order valence-electron chi connectivity index (χ2n) is 8.08. The van der Waals surface area contributed by atoms with Crippen LogP contribution in [-0.4, -0.2) is 34.2 Å². The van der Waals surface area contributed by atoms with Gasteiger partial charge in [-0.25, -0.2) is 9.78 Å². The molecule has 34 heavy (non-hydrogen) atoms. The van der Waals surface area contributed by atoms with E-state index in [1.165, 1.54) is 7.11 Å². The molecule has 5 aromatic rings. The number of hydrogen-bond donors (Lipinski definition) is 2. The lowest BCUT2D eigenvalue weighted by Crippen LogP contribution is -2.12. The highest BCUT2D eigenvalue weighted by atomic mass is 16.5. The third-order valence-corrected chi connectivity index (χ3v) is 5.97. The smallest absolute Gasteiger partial charge is 0.337 e. The molecule has 0 unspecified atom stereocenters. The topological polar surface area (TPSA) is 103 Å². The van der Waals surface area contributed by atoms with Crippen LogP contribution in [0, 0.1) is 0 Å². The molecule has 5 rings (SSSR count). The van der Waals surface area contributed by atoms with Crippen LogP contribution in [0.15, 0.2) is 77.7 Å². The molecule has 0 fully saturated rings. The predicted octanol–water partition coefficient (Wildman–Crippen LogP) is 4.35. The third-order valence-electron chi connectivity index (χ3n) is 5.97. The molecule has 0 aliphatic heterocycles. The Bertz CT molecular complexity index is 1570. The highest BCUT2D eigenvalue weighted by molar-refractivity contribution is 6.01. The van der Waals surface area contributed by atoms with Crippen molar-refractivity contribution in [3.8, 4) is 22.4 Å². The Balaban J connectivity index is 1.77. The first kappa shape index (κ1) is 21.6. The molecule has 2 heterocycles. The van der Waals surface area contributed by atoms with Gasteiger partial charge < -0.3 is 20.0 Å². The van der Waals surface area contributed by atoms with Gasteiger partial charge in [-0.1, -0.05) is 42.5 Å². The van der Waals surface area contributed by atoms with Gasteiger partial charge in [0, 0.05) is 34.8 Å². The fourth-order valence-corrected chi connectivity index (χ4v) is 4.32. The minimum atomic E-state index is -0.436. The van der Waals surface area contributed by atoms with Crippen LogP contribution in [0.2, 0.25) is 0 Å². The van der Waals surface area contributed by atoms with Crippen LogP contribution in [0.4, 0.5) is 0 Å². The van der Waals surface area contributed by atoms with Crippen LogP contribution in [0.1, 0.15) is 16.8 Å². The van der Waals surface area contributed by atoms with Crippen LogP contribution >= 0.6 is 0 Å². The van der Waals surface area contributed by atoms with Crippen molar-refractivity contribution in [2.75, 3.05) is 13.7 Å². The van der Waals surface area contributed by atoms with Crippen LogP contribution in [-0.2, 0) is 11.3 Å². The number of carbonyl (C=O) groups is 1. The zero-order valence-electron chi connectivity index (χ0n) is 18.7. The molecule has 7 nitrogen and oxygen atoms in total. The quantitative estimate of drug-likeness (QED) is 0.373. The zero-order valence-corrected chi connectivity index (χ0v) is 18.7. The van der Waals surface area contributed by atoms with E-state index < -0.39 is 5.97 Å². The number of aromatic amines is 1. The second kappa shape index (κ2) is 8.96. The molecule has 0 atom stereocenters. The molecule has 170 valence electrons. The van der Waals surface area contributed by atoms with E-state index in [1.54, 1.807) is 12.1 Å². The van der Waals surface area contributed by atoms with E-state index in [2.05, 4.69) is 4.98 Å². The van der Waals surface area contributed by atoms with Crippen LogP contribution in [0.5, 0.6) is 0 Å². The highest BCUT2D eigenvalue weighted by Crippen LogP contribution is 2.32. The van der Waals surface area contributed by atoms with E-state index in [0.29, 0.717) is 40.9 Å². The number of aryl methyl sites for hydroxylation is 1. The van der Waals surface area contributed by atoms with Crippen molar-refractivity contribution >= 4 is 27.9 Å². The molecule has 0 bridgehead atoms. The maximum absolute atomic E-state index is 13.2. The minimum Gasteiger partial charge on any atom is -0.465 e. The van der Waals surface area contributed by atoms with Crippen molar-refractivity contribution in [1.82, 2.24) is 14.5 Å². The molecule has 7 heteroatoms. The first-order valence-electron chi connectivity index (χ1n) is 11.1. The van der Waals surface area contributed by atoms with Gasteiger partial charge in [0.05, 0.1) is 23.7 Å². The standard InChI is InChI=1S/C27H24N4O3/c1-34-27(33)18-11-12-23-20(15-18)21(16-31(23)14-6-13-28)25-26(32)29-22-10-5-9-19(24(22)30-25)17-7-3-2-4-8-17/h2-5,7-12,15-16H,6,13-14,28H2,1H3,(H,29,32). The Hall–Kier alpha value is -4.23. The van der Waals surface area contributed by atoms with Crippen molar-refractivity contribution in [2.45, 2.75) is 13.0 Å². The normalized spacial score (nSPS) is 11.2. The molecule has 0 saturated heterocycles. The largest absolute Gasteiger partial charge is 0.465 e. The molecular formula is C27H24N4O3. The van der Waals surface area contributed by atoms with E-state index >= 15 is 0 Å². The van der Waals surface area contributed by atoms with Crippen LogP contribution < -0.4 is 11.3 Å². The summed E-state index contributed by atoms with van der Waals surface area (Å²) in [7, 11) is 1.35. The number of hydrogen-bond acceptors (Lipinski definition) is 5. The maximum Gasteiger partial charge on any atom is 0.337 e. The molecular weight excluding hydrogens is 428 g/mol. The summed E-state index contributed by atoms with van der Waals surface area (Å²) in [6.45, 7) is 1.23. The summed E-state index contributed by atoms with van der Waals surface area (Å²) >= 11 is 0. The maximum atomic E-state index is 13.2. The fraction of sp³-hybridized carbons (Fsp3) is 0.148. The highest BCUT2D eigenvalue weighted by Gasteiger charge is 2.18. The number of nitrogens with zero attached hydrogens (tertiary/aromatic N) is 2. The summed E-state index contributed by atoms with van der Waals surface area (Å²) in [6, 6.07) is 21.0. The zero-order chi connectivity index (χ0) is 23.7. The number of benzene rings is 3. The van der Waals surface area contributed by atoms with Crippen molar-refractivity contribution in [3.63, 3.8) is 0 Å². The Kier molecular flexibility index (Phi) is 5.69. The summed E-state index contributed by atoms with van der Waals surface area (Å²) < 4.78 is 6.95. The Morgan fingerprint density at radius 3 is 2.65 bits per heavy atom. The van der Waals surface area contributed by atoms with Crippen LogP contribution in [0.25, 0.3) is 44.3 Å². The number of fused-ring (bicyclic) bond motifs is 2. The number of H-pyrrole nitrogens is 1. The summed E-state index contributed by atoms with van der Waals surface area (Å²) in [5.41, 5.74) is 11.0. The first-order chi connectivity index (χ1) is 16.6. The number of nitrogens with two attached hydrogens (primary N) is 1. The number of rotatable bonds is 6. The Labute approximate surface area is 195 Å². The number of ether oxygens (including phenoxy) is 1. The van der Waals surface area contributed by atoms with E-state index in [9.17, 15) is 9.59 Å². The molecule has 3 N–H and O–H groups in total. The van der Waals surface area contributed by atoms with Gasteiger partial charge in [-0.3, -0.25) is 4.79 Å². The lowest BCUT2D eigenvalue weighted by molar-refractivity contribution is 0.0601. The summed E-state index contributed by atoms with van der Waals surface area (Å²) in [4.78, 5) is 33.2. The minimum absolute atomic E-state index is 0.293. The molecule has 3 aromatic carbocycles.